The summed E-state index contributed by atoms with van der Waals surface area (Å²) in [6.45, 7) is 4.94. The van der Waals surface area contributed by atoms with E-state index in [-0.39, 0.29) is 17.9 Å². The number of aryl methyl sites for hydroxylation is 1. The van der Waals surface area contributed by atoms with Gasteiger partial charge in [-0.2, -0.15) is 15.3 Å². The van der Waals surface area contributed by atoms with E-state index < -0.39 is 17.5 Å². The highest BCUT2D eigenvalue weighted by Gasteiger charge is 2.43. The van der Waals surface area contributed by atoms with Crippen molar-refractivity contribution in [2.75, 3.05) is 25.6 Å². The quantitative estimate of drug-likeness (QED) is 0.222. The molecule has 15 nitrogen and oxygen atoms in total. The van der Waals surface area contributed by atoms with E-state index in [1.807, 2.05) is 24.6 Å². The second-order valence-corrected chi connectivity index (χ2v) is 11.6. The number of carbonyl (C=O) groups is 1. The minimum absolute atomic E-state index is 0.0101. The molecule has 45 heavy (non-hydrogen) atoms. The number of carbonyl (C=O) groups excluding carboxylic acids is 1. The summed E-state index contributed by atoms with van der Waals surface area (Å²) in [5, 5.41) is 22.9. The van der Waals surface area contributed by atoms with Crippen LogP contribution in [-0.2, 0) is 14.3 Å². The number of anilines is 2. The van der Waals surface area contributed by atoms with Gasteiger partial charge in [0.2, 0.25) is 0 Å². The smallest absolute Gasteiger partial charge is 0.252 e. The molecule has 0 unspecified atom stereocenters. The van der Waals surface area contributed by atoms with E-state index in [1.54, 1.807) is 19.5 Å². The number of H-pyrrole nitrogens is 1. The van der Waals surface area contributed by atoms with Crippen molar-refractivity contribution < 1.29 is 18.7 Å². The van der Waals surface area contributed by atoms with Gasteiger partial charge in [0.05, 0.1) is 61.3 Å². The molecule has 1 aliphatic heterocycles. The van der Waals surface area contributed by atoms with Crippen molar-refractivity contribution in [2.45, 2.75) is 63.1 Å². The van der Waals surface area contributed by atoms with Gasteiger partial charge in [0.1, 0.15) is 23.3 Å². The number of aromatic amines is 1. The van der Waals surface area contributed by atoms with E-state index in [1.165, 1.54) is 17.1 Å². The molecule has 0 bridgehead atoms. The zero-order chi connectivity index (χ0) is 31.1. The standard InChI is InChI=1S/C29H33FN12O3/c1-16-8-23(40-39-16)36-26-21-10-34-42(20-14-45-15-20)27(21)38-25(37-26)18-4-6-29(44-3,7-5-18)28(43)35-17(2)22-11-32-24(12-31-22)41-13-19(30)9-33-41/h8-13,17-18,20H,4-7,14-15H2,1-3H3,(H,35,43)(H2,36,37,38,39,40)/t17-,18-,29-/m0/s1. The summed E-state index contributed by atoms with van der Waals surface area (Å²) < 4.78 is 27.8. The molecule has 7 rings (SSSR count). The maximum Gasteiger partial charge on any atom is 0.252 e. The molecule has 234 valence electrons. The Labute approximate surface area is 257 Å². The summed E-state index contributed by atoms with van der Waals surface area (Å²) in [6, 6.07) is 1.60. The summed E-state index contributed by atoms with van der Waals surface area (Å²) in [6.07, 6.45) is 9.39. The summed E-state index contributed by atoms with van der Waals surface area (Å²) in [5.41, 5.74) is 1.22. The first-order valence-corrected chi connectivity index (χ1v) is 14.8. The number of amides is 1. The minimum Gasteiger partial charge on any atom is -0.377 e. The van der Waals surface area contributed by atoms with Crippen LogP contribution in [0.25, 0.3) is 16.9 Å². The lowest BCUT2D eigenvalue weighted by Crippen LogP contribution is -2.51. The predicted octanol–water partition coefficient (Wildman–Crippen LogP) is 3.21. The molecule has 0 aromatic carbocycles. The van der Waals surface area contributed by atoms with E-state index in [9.17, 15) is 9.18 Å². The van der Waals surface area contributed by atoms with Crippen molar-refractivity contribution in [3.63, 3.8) is 0 Å². The number of fused-ring (bicyclic) bond motifs is 1. The van der Waals surface area contributed by atoms with Gasteiger partial charge >= 0.3 is 0 Å². The van der Waals surface area contributed by atoms with Crippen molar-refractivity contribution in [2.24, 2.45) is 0 Å². The van der Waals surface area contributed by atoms with Crippen LogP contribution in [0.5, 0.6) is 0 Å². The molecule has 0 radical (unpaired) electrons. The number of methoxy groups -OCH3 is 1. The second-order valence-electron chi connectivity index (χ2n) is 11.6. The van der Waals surface area contributed by atoms with Crippen molar-refractivity contribution >= 4 is 28.6 Å². The number of halogens is 1. The number of aromatic nitrogens is 10. The monoisotopic (exact) mass is 616 g/mol. The zero-order valence-corrected chi connectivity index (χ0v) is 25.1. The van der Waals surface area contributed by atoms with Crippen LogP contribution in [0.3, 0.4) is 0 Å². The third-order valence-corrected chi connectivity index (χ3v) is 8.59. The number of hydrogen-bond acceptors (Lipinski definition) is 11. The fourth-order valence-corrected chi connectivity index (χ4v) is 5.82. The Morgan fingerprint density at radius 3 is 2.60 bits per heavy atom. The molecule has 1 saturated heterocycles. The van der Waals surface area contributed by atoms with Crippen LogP contribution in [0.4, 0.5) is 16.0 Å². The lowest BCUT2D eigenvalue weighted by Gasteiger charge is -2.38. The first-order valence-electron chi connectivity index (χ1n) is 14.8. The van der Waals surface area contributed by atoms with E-state index in [0.29, 0.717) is 67.9 Å². The van der Waals surface area contributed by atoms with Gasteiger partial charge in [-0.25, -0.2) is 28.7 Å². The Bertz CT molecular complexity index is 1820. The molecule has 6 heterocycles. The maximum atomic E-state index is 13.6. The predicted molar refractivity (Wildman–Crippen MR) is 158 cm³/mol. The molecule has 5 aromatic heterocycles. The summed E-state index contributed by atoms with van der Waals surface area (Å²) >= 11 is 0. The van der Waals surface area contributed by atoms with Crippen molar-refractivity contribution in [3.8, 4) is 5.82 Å². The van der Waals surface area contributed by atoms with Gasteiger partial charge in [-0.05, 0) is 39.5 Å². The second kappa shape index (κ2) is 11.6. The lowest BCUT2D eigenvalue weighted by atomic mass is 9.77. The minimum atomic E-state index is -1.01. The average molecular weight is 617 g/mol. The highest BCUT2D eigenvalue weighted by atomic mass is 19.1. The first kappa shape index (κ1) is 28.9. The number of ether oxygens (including phenoxy) is 2. The SMILES string of the molecule is CO[C@]1(C(=O)N[C@@H](C)c2cnc(-n3cc(F)cn3)cn2)CC[C@@H](c2nc(Nc3cc(C)[nH]n3)c3cnn(C4COC4)c3n2)CC1. The Balaban J connectivity index is 1.07. The van der Waals surface area contributed by atoms with Gasteiger partial charge in [-0.1, -0.05) is 0 Å². The van der Waals surface area contributed by atoms with Crippen LogP contribution in [0.1, 0.15) is 67.8 Å². The van der Waals surface area contributed by atoms with Crippen LogP contribution in [0.15, 0.2) is 37.1 Å². The molecule has 3 N–H and O–H groups in total. The van der Waals surface area contributed by atoms with Gasteiger partial charge in [0.25, 0.3) is 5.91 Å². The van der Waals surface area contributed by atoms with Crippen LogP contribution in [-0.4, -0.2) is 81.5 Å². The topological polar surface area (TPSA) is 175 Å². The van der Waals surface area contributed by atoms with Crippen molar-refractivity contribution in [1.29, 1.82) is 0 Å². The number of nitrogens with one attached hydrogen (secondary N) is 3. The van der Waals surface area contributed by atoms with E-state index in [2.05, 4.69) is 41.0 Å². The summed E-state index contributed by atoms with van der Waals surface area (Å²) in [5.74, 6) is 1.67. The van der Waals surface area contributed by atoms with Crippen LogP contribution in [0, 0.1) is 12.7 Å². The summed E-state index contributed by atoms with van der Waals surface area (Å²) in [7, 11) is 1.57. The normalized spacial score (nSPS) is 21.0. The van der Waals surface area contributed by atoms with Crippen LogP contribution < -0.4 is 10.6 Å². The Morgan fingerprint density at radius 1 is 1.16 bits per heavy atom. The molecule has 0 spiro atoms. The Morgan fingerprint density at radius 2 is 1.98 bits per heavy atom. The lowest BCUT2D eigenvalue weighted by molar-refractivity contribution is -0.148. The fourth-order valence-electron chi connectivity index (χ4n) is 5.82. The van der Waals surface area contributed by atoms with Crippen molar-refractivity contribution in [3.05, 3.63) is 60.1 Å². The maximum absolute atomic E-state index is 13.6. The molecule has 1 saturated carbocycles. The number of rotatable bonds is 9. The molecule has 1 aliphatic carbocycles. The first-order chi connectivity index (χ1) is 21.8. The number of hydrogen-bond donors (Lipinski definition) is 3. The number of nitrogens with zero attached hydrogens (tertiary/aromatic N) is 9. The van der Waals surface area contributed by atoms with Gasteiger partial charge in [-0.3, -0.25) is 14.9 Å². The van der Waals surface area contributed by atoms with Crippen LogP contribution >= 0.6 is 0 Å². The van der Waals surface area contributed by atoms with E-state index in [0.717, 1.165) is 22.9 Å². The zero-order valence-electron chi connectivity index (χ0n) is 25.1. The van der Waals surface area contributed by atoms with Crippen molar-refractivity contribution in [1.82, 2.24) is 55.0 Å². The van der Waals surface area contributed by atoms with Gasteiger partial charge in [-0.15, -0.1) is 0 Å². The van der Waals surface area contributed by atoms with Gasteiger partial charge < -0.3 is 20.1 Å². The summed E-state index contributed by atoms with van der Waals surface area (Å²) in [4.78, 5) is 32.3. The molecule has 1 atom stereocenters. The van der Waals surface area contributed by atoms with Gasteiger partial charge in [0.15, 0.2) is 23.1 Å². The molecular formula is C29H33FN12O3. The molecule has 2 aliphatic rings. The average Bonchev–Trinajstić information content (AvgIpc) is 3.76. The molecule has 2 fully saturated rings. The Hall–Kier alpha value is -4.83. The molecule has 16 heteroatoms. The third-order valence-electron chi connectivity index (χ3n) is 8.59. The van der Waals surface area contributed by atoms with Gasteiger partial charge in [0, 0.05) is 24.8 Å². The van der Waals surface area contributed by atoms with Crippen LogP contribution in [0.2, 0.25) is 0 Å². The molecule has 1 amide bonds. The highest BCUT2D eigenvalue weighted by molar-refractivity contribution is 5.88. The van der Waals surface area contributed by atoms with E-state index in [4.69, 9.17) is 19.4 Å². The third kappa shape index (κ3) is 5.50. The molecular weight excluding hydrogens is 583 g/mol. The molecule has 5 aromatic rings. The Kier molecular flexibility index (Phi) is 7.45. The highest BCUT2D eigenvalue weighted by Crippen LogP contribution is 2.40. The fraction of sp³-hybridized carbons (Fsp3) is 0.448. The largest absolute Gasteiger partial charge is 0.377 e. The van der Waals surface area contributed by atoms with E-state index >= 15 is 0 Å².